The molecule has 0 spiro atoms. The molecular weight excluding hydrogens is 426 g/mol. The standard InChI is InChI=1S/C23H23N5O3S/c1-16-13-31-10-9-28(16)22-12-18(14-32(29,30)19-5-3-2-4-6-19)26-23(27-22)17-7-8-20-21(11-17)25-15-24-20/h2-8,11-12,15-16H,9-10,13-14H2,1H3,(H,24,25)/t16-/m0/s1. The maximum Gasteiger partial charge on any atom is 0.184 e. The Balaban J connectivity index is 1.59. The van der Waals surface area contributed by atoms with E-state index in [1.54, 1.807) is 42.7 Å². The summed E-state index contributed by atoms with van der Waals surface area (Å²) in [6.45, 7) is 3.94. The second-order valence-electron chi connectivity index (χ2n) is 7.87. The van der Waals surface area contributed by atoms with Crippen molar-refractivity contribution in [3.63, 3.8) is 0 Å². The predicted molar refractivity (Wildman–Crippen MR) is 122 cm³/mol. The molecule has 0 radical (unpaired) electrons. The number of imidazole rings is 1. The third kappa shape index (κ3) is 4.09. The molecule has 1 atom stereocenters. The van der Waals surface area contributed by atoms with E-state index in [0.29, 0.717) is 37.1 Å². The van der Waals surface area contributed by atoms with Crippen LogP contribution in [0.15, 0.2) is 65.8 Å². The summed E-state index contributed by atoms with van der Waals surface area (Å²) in [5, 5.41) is 0. The summed E-state index contributed by atoms with van der Waals surface area (Å²) in [5.41, 5.74) is 2.95. The normalized spacial score (nSPS) is 17.0. The van der Waals surface area contributed by atoms with Crippen molar-refractivity contribution in [3.05, 3.63) is 66.6 Å². The summed E-state index contributed by atoms with van der Waals surface area (Å²) >= 11 is 0. The number of aromatic nitrogens is 4. The molecule has 1 fully saturated rings. The molecule has 8 nitrogen and oxygen atoms in total. The highest BCUT2D eigenvalue weighted by molar-refractivity contribution is 7.90. The van der Waals surface area contributed by atoms with Gasteiger partial charge in [-0.25, -0.2) is 23.4 Å². The largest absolute Gasteiger partial charge is 0.377 e. The van der Waals surface area contributed by atoms with Crippen molar-refractivity contribution in [1.82, 2.24) is 19.9 Å². The number of sulfone groups is 1. The molecule has 0 unspecified atom stereocenters. The quantitative estimate of drug-likeness (QED) is 0.499. The van der Waals surface area contributed by atoms with Crippen LogP contribution in [0.2, 0.25) is 0 Å². The van der Waals surface area contributed by atoms with Crippen molar-refractivity contribution in [1.29, 1.82) is 0 Å². The molecule has 1 N–H and O–H groups in total. The number of hydrogen-bond acceptors (Lipinski definition) is 7. The van der Waals surface area contributed by atoms with Gasteiger partial charge in [-0.2, -0.15) is 0 Å². The number of nitrogens with one attached hydrogen (secondary N) is 1. The van der Waals surface area contributed by atoms with Crippen LogP contribution in [0.3, 0.4) is 0 Å². The number of aromatic amines is 1. The number of hydrogen-bond donors (Lipinski definition) is 1. The lowest BCUT2D eigenvalue weighted by Gasteiger charge is -2.34. The van der Waals surface area contributed by atoms with Gasteiger partial charge in [0, 0.05) is 18.2 Å². The third-order valence-corrected chi connectivity index (χ3v) is 7.21. The van der Waals surface area contributed by atoms with Crippen LogP contribution in [-0.4, -0.2) is 54.2 Å². The molecule has 1 aliphatic heterocycles. The summed E-state index contributed by atoms with van der Waals surface area (Å²) < 4.78 is 31.6. The average molecular weight is 450 g/mol. The third-order valence-electron chi connectivity index (χ3n) is 5.55. The van der Waals surface area contributed by atoms with Gasteiger partial charge in [-0.3, -0.25) is 0 Å². The summed E-state index contributed by atoms with van der Waals surface area (Å²) in [6.07, 6.45) is 1.64. The molecule has 1 saturated heterocycles. The van der Waals surface area contributed by atoms with Crippen molar-refractivity contribution in [2.24, 2.45) is 0 Å². The average Bonchev–Trinajstić information content (AvgIpc) is 3.27. The first kappa shape index (κ1) is 20.6. The lowest BCUT2D eigenvalue weighted by atomic mass is 10.1. The number of morpholine rings is 1. The predicted octanol–water partition coefficient (Wildman–Crippen LogP) is 3.22. The van der Waals surface area contributed by atoms with Crippen LogP contribution in [0, 0.1) is 0 Å². The minimum Gasteiger partial charge on any atom is -0.377 e. The molecule has 2 aromatic heterocycles. The van der Waals surface area contributed by atoms with E-state index in [0.717, 1.165) is 16.6 Å². The second kappa shape index (κ2) is 8.33. The first-order chi connectivity index (χ1) is 15.5. The van der Waals surface area contributed by atoms with Crippen LogP contribution < -0.4 is 4.90 Å². The zero-order valence-electron chi connectivity index (χ0n) is 17.6. The Morgan fingerprint density at radius 1 is 1.12 bits per heavy atom. The fourth-order valence-corrected chi connectivity index (χ4v) is 5.15. The first-order valence-electron chi connectivity index (χ1n) is 10.4. The molecule has 1 aliphatic rings. The lowest BCUT2D eigenvalue weighted by molar-refractivity contribution is 0.0985. The smallest absolute Gasteiger partial charge is 0.184 e. The summed E-state index contributed by atoms with van der Waals surface area (Å²) in [4.78, 5) is 19.2. The Kier molecular flexibility index (Phi) is 5.36. The molecule has 9 heteroatoms. The highest BCUT2D eigenvalue weighted by atomic mass is 32.2. The minimum absolute atomic E-state index is 0.124. The van der Waals surface area contributed by atoms with Gasteiger partial charge in [-0.05, 0) is 37.3 Å². The van der Waals surface area contributed by atoms with Gasteiger partial charge in [0.2, 0.25) is 0 Å². The summed E-state index contributed by atoms with van der Waals surface area (Å²) in [7, 11) is -3.55. The zero-order valence-corrected chi connectivity index (χ0v) is 18.4. The van der Waals surface area contributed by atoms with Crippen molar-refractivity contribution in [2.45, 2.75) is 23.6 Å². The second-order valence-corrected chi connectivity index (χ2v) is 9.85. The highest BCUT2D eigenvalue weighted by Crippen LogP contribution is 2.26. The van der Waals surface area contributed by atoms with E-state index < -0.39 is 9.84 Å². The van der Waals surface area contributed by atoms with Gasteiger partial charge < -0.3 is 14.6 Å². The number of anilines is 1. The van der Waals surface area contributed by atoms with E-state index in [1.807, 2.05) is 18.2 Å². The lowest BCUT2D eigenvalue weighted by Crippen LogP contribution is -2.44. The fraction of sp³-hybridized carbons (Fsp3) is 0.261. The first-order valence-corrected chi connectivity index (χ1v) is 12.1. The Labute approximate surface area is 186 Å². The fourth-order valence-electron chi connectivity index (χ4n) is 3.88. The molecule has 0 saturated carbocycles. The number of rotatable bonds is 5. The van der Waals surface area contributed by atoms with E-state index in [1.165, 1.54) is 0 Å². The van der Waals surface area contributed by atoms with Crippen LogP contribution in [0.4, 0.5) is 5.82 Å². The summed E-state index contributed by atoms with van der Waals surface area (Å²) in [6, 6.07) is 16.1. The van der Waals surface area contributed by atoms with Crippen molar-refractivity contribution in [2.75, 3.05) is 24.7 Å². The van der Waals surface area contributed by atoms with Crippen LogP contribution in [0.25, 0.3) is 22.4 Å². The van der Waals surface area contributed by atoms with Gasteiger partial charge in [0.25, 0.3) is 0 Å². The molecule has 5 rings (SSSR count). The minimum atomic E-state index is -3.55. The van der Waals surface area contributed by atoms with Gasteiger partial charge in [0.1, 0.15) is 5.82 Å². The van der Waals surface area contributed by atoms with E-state index in [-0.39, 0.29) is 16.7 Å². The molecule has 2 aromatic carbocycles. The molecule has 0 amide bonds. The molecule has 164 valence electrons. The van der Waals surface area contributed by atoms with Crippen molar-refractivity contribution >= 4 is 26.7 Å². The summed E-state index contributed by atoms with van der Waals surface area (Å²) in [5.74, 6) is 0.971. The molecule has 4 aromatic rings. The maximum absolute atomic E-state index is 13.0. The number of benzene rings is 2. The van der Waals surface area contributed by atoms with Gasteiger partial charge in [-0.1, -0.05) is 18.2 Å². The Bertz CT molecular complexity index is 1350. The monoisotopic (exact) mass is 449 g/mol. The number of H-pyrrole nitrogens is 1. The zero-order chi connectivity index (χ0) is 22.1. The number of nitrogens with zero attached hydrogens (tertiary/aromatic N) is 4. The molecule has 0 bridgehead atoms. The van der Waals surface area contributed by atoms with Crippen LogP contribution in [0.1, 0.15) is 12.6 Å². The van der Waals surface area contributed by atoms with Crippen molar-refractivity contribution in [3.8, 4) is 11.4 Å². The Morgan fingerprint density at radius 3 is 2.78 bits per heavy atom. The number of ether oxygens (including phenoxy) is 1. The van der Waals surface area contributed by atoms with Gasteiger partial charge in [-0.15, -0.1) is 0 Å². The number of fused-ring (bicyclic) bond motifs is 1. The maximum atomic E-state index is 13.0. The molecule has 32 heavy (non-hydrogen) atoms. The molecule has 0 aliphatic carbocycles. The Hall–Kier alpha value is -3.30. The Morgan fingerprint density at radius 2 is 1.97 bits per heavy atom. The van der Waals surface area contributed by atoms with Gasteiger partial charge >= 0.3 is 0 Å². The van der Waals surface area contributed by atoms with Crippen molar-refractivity contribution < 1.29 is 13.2 Å². The van der Waals surface area contributed by atoms with Crippen LogP contribution in [-0.2, 0) is 20.3 Å². The van der Waals surface area contributed by atoms with Crippen LogP contribution >= 0.6 is 0 Å². The topological polar surface area (TPSA) is 101 Å². The van der Waals surface area contributed by atoms with E-state index in [9.17, 15) is 8.42 Å². The van der Waals surface area contributed by atoms with E-state index >= 15 is 0 Å². The van der Waals surface area contributed by atoms with Gasteiger partial charge in [0.15, 0.2) is 15.7 Å². The van der Waals surface area contributed by atoms with Crippen LogP contribution in [0.5, 0.6) is 0 Å². The SMILES string of the molecule is C[C@H]1COCCN1c1cc(CS(=O)(=O)c2ccccc2)nc(-c2ccc3[nH]cnc3c2)n1. The highest BCUT2D eigenvalue weighted by Gasteiger charge is 2.24. The van der Waals surface area contributed by atoms with Gasteiger partial charge in [0.05, 0.1) is 53.0 Å². The molecule has 3 heterocycles. The van der Waals surface area contributed by atoms with E-state index in [4.69, 9.17) is 9.72 Å². The van der Waals surface area contributed by atoms with E-state index in [2.05, 4.69) is 26.8 Å². The molecular formula is C23H23N5O3S.